The van der Waals surface area contributed by atoms with Gasteiger partial charge in [0.15, 0.2) is 0 Å². The molecule has 0 saturated carbocycles. The number of fused-ring (bicyclic) bond motifs is 1. The summed E-state index contributed by atoms with van der Waals surface area (Å²) in [6, 6.07) is 17.4. The first-order valence-electron chi connectivity index (χ1n) is 9.59. The predicted octanol–water partition coefficient (Wildman–Crippen LogP) is 3.21. The van der Waals surface area contributed by atoms with E-state index >= 15 is 0 Å². The van der Waals surface area contributed by atoms with Crippen molar-refractivity contribution in [2.75, 3.05) is 31.7 Å². The molecule has 0 atom stereocenters. The molecular formula is C21H20N4O5S. The topological polar surface area (TPSA) is 114 Å². The fourth-order valence-corrected chi connectivity index (χ4v) is 4.75. The van der Waals surface area contributed by atoms with Gasteiger partial charge in [-0.25, -0.2) is 8.42 Å². The number of nitrogens with zero attached hydrogens (tertiary/aromatic N) is 3. The lowest BCUT2D eigenvalue weighted by Gasteiger charge is -2.26. The van der Waals surface area contributed by atoms with E-state index in [1.54, 1.807) is 6.21 Å². The van der Waals surface area contributed by atoms with Crippen LogP contribution in [0.25, 0.3) is 10.8 Å². The molecule has 160 valence electrons. The van der Waals surface area contributed by atoms with Crippen molar-refractivity contribution in [3.8, 4) is 0 Å². The molecule has 0 radical (unpaired) electrons. The SMILES string of the molecule is O=[N+]([O-])c1cc(S(=O)(=O)N2CCOCC2)ccc1N/N=C/c1ccc2ccccc2c1. The van der Waals surface area contributed by atoms with E-state index in [0.717, 1.165) is 22.4 Å². The zero-order valence-corrected chi connectivity index (χ0v) is 17.3. The molecule has 1 heterocycles. The van der Waals surface area contributed by atoms with Crippen LogP contribution in [0.1, 0.15) is 5.56 Å². The fourth-order valence-electron chi connectivity index (χ4n) is 3.32. The molecule has 1 N–H and O–H groups in total. The van der Waals surface area contributed by atoms with Crippen molar-refractivity contribution in [3.63, 3.8) is 0 Å². The summed E-state index contributed by atoms with van der Waals surface area (Å²) in [6.07, 6.45) is 1.55. The number of nitro benzene ring substituents is 1. The van der Waals surface area contributed by atoms with Gasteiger partial charge in [-0.15, -0.1) is 0 Å². The van der Waals surface area contributed by atoms with Crippen molar-refractivity contribution in [1.82, 2.24) is 4.31 Å². The van der Waals surface area contributed by atoms with E-state index < -0.39 is 14.9 Å². The largest absolute Gasteiger partial charge is 0.379 e. The van der Waals surface area contributed by atoms with Crippen molar-refractivity contribution in [2.45, 2.75) is 4.90 Å². The maximum atomic E-state index is 12.8. The maximum absolute atomic E-state index is 12.8. The Bertz CT molecular complexity index is 1250. The molecule has 3 aromatic rings. The highest BCUT2D eigenvalue weighted by Gasteiger charge is 2.28. The number of nitro groups is 1. The Kier molecular flexibility index (Phi) is 5.94. The molecule has 0 amide bonds. The molecular weight excluding hydrogens is 420 g/mol. The Morgan fingerprint density at radius 3 is 2.52 bits per heavy atom. The minimum absolute atomic E-state index is 0.1000. The zero-order valence-electron chi connectivity index (χ0n) is 16.5. The Morgan fingerprint density at radius 1 is 1.03 bits per heavy atom. The maximum Gasteiger partial charge on any atom is 0.295 e. The van der Waals surface area contributed by atoms with Crippen molar-refractivity contribution < 1.29 is 18.1 Å². The molecule has 9 nitrogen and oxygen atoms in total. The van der Waals surface area contributed by atoms with Crippen molar-refractivity contribution in [3.05, 3.63) is 76.3 Å². The standard InChI is InChI=1S/C21H20N4O5S/c26-25(27)21-14-19(31(28,29)24-9-11-30-12-10-24)7-8-20(21)23-22-15-16-5-6-17-3-1-2-4-18(17)13-16/h1-8,13-15,23H,9-12H2/b22-15+. The van der Waals surface area contributed by atoms with Gasteiger partial charge in [0.05, 0.1) is 29.2 Å². The summed E-state index contributed by atoms with van der Waals surface area (Å²) in [7, 11) is -3.84. The number of anilines is 1. The number of hydrazone groups is 1. The number of hydrogen-bond donors (Lipinski definition) is 1. The second kappa shape index (κ2) is 8.80. The van der Waals surface area contributed by atoms with Gasteiger partial charge in [0, 0.05) is 19.2 Å². The second-order valence-electron chi connectivity index (χ2n) is 6.93. The quantitative estimate of drug-likeness (QED) is 0.358. The molecule has 1 aliphatic heterocycles. The van der Waals surface area contributed by atoms with Gasteiger partial charge in [0.2, 0.25) is 10.0 Å². The molecule has 31 heavy (non-hydrogen) atoms. The highest BCUT2D eigenvalue weighted by molar-refractivity contribution is 7.89. The summed E-state index contributed by atoms with van der Waals surface area (Å²) < 4.78 is 32.0. The minimum atomic E-state index is -3.84. The van der Waals surface area contributed by atoms with Crippen LogP contribution in [0.5, 0.6) is 0 Å². The normalized spacial score (nSPS) is 15.4. The van der Waals surface area contributed by atoms with E-state index in [2.05, 4.69) is 10.5 Å². The molecule has 1 aliphatic rings. The van der Waals surface area contributed by atoms with Crippen LogP contribution in [0.3, 0.4) is 0 Å². The minimum Gasteiger partial charge on any atom is -0.379 e. The molecule has 0 aliphatic carbocycles. The third kappa shape index (κ3) is 4.55. The Labute approximate surface area is 179 Å². The monoisotopic (exact) mass is 440 g/mol. The lowest BCUT2D eigenvalue weighted by Crippen LogP contribution is -2.40. The van der Waals surface area contributed by atoms with Gasteiger partial charge >= 0.3 is 0 Å². The van der Waals surface area contributed by atoms with Gasteiger partial charge in [-0.3, -0.25) is 15.5 Å². The zero-order chi connectivity index (χ0) is 21.8. The molecule has 0 spiro atoms. The average Bonchev–Trinajstić information content (AvgIpc) is 2.79. The molecule has 0 bridgehead atoms. The average molecular weight is 440 g/mol. The van der Waals surface area contributed by atoms with Crippen LogP contribution in [-0.2, 0) is 14.8 Å². The lowest BCUT2D eigenvalue weighted by molar-refractivity contribution is -0.384. The van der Waals surface area contributed by atoms with Crippen molar-refractivity contribution in [2.24, 2.45) is 5.10 Å². The first-order chi connectivity index (χ1) is 14.9. The molecule has 1 saturated heterocycles. The number of ether oxygens (including phenoxy) is 1. The van der Waals surface area contributed by atoms with Gasteiger partial charge in [-0.1, -0.05) is 36.4 Å². The van der Waals surface area contributed by atoms with Crippen LogP contribution in [0, 0.1) is 10.1 Å². The number of nitrogens with one attached hydrogen (secondary N) is 1. The first-order valence-corrected chi connectivity index (χ1v) is 11.0. The van der Waals surface area contributed by atoms with Crippen LogP contribution in [-0.4, -0.2) is 50.2 Å². The van der Waals surface area contributed by atoms with E-state index in [0.29, 0.717) is 13.2 Å². The molecule has 1 fully saturated rings. The summed E-state index contributed by atoms with van der Waals surface area (Å²) >= 11 is 0. The highest BCUT2D eigenvalue weighted by atomic mass is 32.2. The summed E-state index contributed by atoms with van der Waals surface area (Å²) in [5.41, 5.74) is 3.20. The van der Waals surface area contributed by atoms with E-state index in [1.807, 2.05) is 42.5 Å². The van der Waals surface area contributed by atoms with Crippen molar-refractivity contribution in [1.29, 1.82) is 0 Å². The van der Waals surface area contributed by atoms with Gasteiger partial charge in [0.1, 0.15) is 5.69 Å². The van der Waals surface area contributed by atoms with E-state index in [-0.39, 0.29) is 29.4 Å². The number of sulfonamides is 1. The van der Waals surface area contributed by atoms with Crippen LogP contribution < -0.4 is 5.43 Å². The molecule has 10 heteroatoms. The van der Waals surface area contributed by atoms with Crippen LogP contribution in [0.2, 0.25) is 0 Å². The number of hydrogen-bond acceptors (Lipinski definition) is 7. The van der Waals surface area contributed by atoms with E-state index in [1.165, 1.54) is 16.4 Å². The first kappa shape index (κ1) is 20.9. The summed E-state index contributed by atoms with van der Waals surface area (Å²) in [5, 5.41) is 17.8. The highest BCUT2D eigenvalue weighted by Crippen LogP contribution is 2.29. The lowest BCUT2D eigenvalue weighted by atomic mass is 10.1. The van der Waals surface area contributed by atoms with Gasteiger partial charge in [-0.05, 0) is 34.5 Å². The predicted molar refractivity (Wildman–Crippen MR) is 118 cm³/mol. The number of benzene rings is 3. The molecule has 4 rings (SSSR count). The van der Waals surface area contributed by atoms with Crippen LogP contribution in [0.15, 0.2) is 70.7 Å². The summed E-state index contributed by atoms with van der Waals surface area (Å²) in [6.45, 7) is 1.02. The Balaban J connectivity index is 1.56. The third-order valence-electron chi connectivity index (χ3n) is 4.95. The Morgan fingerprint density at radius 2 is 1.77 bits per heavy atom. The fraction of sp³-hybridized carbons (Fsp3) is 0.190. The van der Waals surface area contributed by atoms with Crippen molar-refractivity contribution >= 4 is 38.4 Å². The summed E-state index contributed by atoms with van der Waals surface area (Å²) in [5.74, 6) is 0. The molecule has 0 aromatic heterocycles. The second-order valence-corrected chi connectivity index (χ2v) is 8.87. The van der Waals surface area contributed by atoms with Crippen LogP contribution in [0.4, 0.5) is 11.4 Å². The third-order valence-corrected chi connectivity index (χ3v) is 6.84. The van der Waals surface area contributed by atoms with Crippen LogP contribution >= 0.6 is 0 Å². The smallest absolute Gasteiger partial charge is 0.295 e. The van der Waals surface area contributed by atoms with Gasteiger partial charge in [-0.2, -0.15) is 9.41 Å². The number of morpholine rings is 1. The molecule has 3 aromatic carbocycles. The summed E-state index contributed by atoms with van der Waals surface area (Å²) in [4.78, 5) is 10.8. The van der Waals surface area contributed by atoms with Gasteiger partial charge < -0.3 is 4.74 Å². The van der Waals surface area contributed by atoms with Gasteiger partial charge in [0.25, 0.3) is 5.69 Å². The number of rotatable bonds is 6. The molecule has 0 unspecified atom stereocenters. The van der Waals surface area contributed by atoms with E-state index in [4.69, 9.17) is 4.74 Å². The Hall–Kier alpha value is -3.34. The van der Waals surface area contributed by atoms with E-state index in [9.17, 15) is 18.5 Å².